The standard InChI is InChI=1S/C19H25N3O4/c1-12-16(22-8-6-13(7-9-22)19-25-10-11-26-19)4-3-15(20-12)14-2-5-17(23)21-18(14)24/h3-4,13-14,19H,2,5-11H2,1H3,(H,21,23,24). The van der Waals surface area contributed by atoms with Gasteiger partial charge in [-0.1, -0.05) is 0 Å². The first kappa shape index (κ1) is 17.4. The number of pyridine rings is 1. The molecule has 7 nitrogen and oxygen atoms in total. The van der Waals surface area contributed by atoms with Crippen molar-refractivity contribution >= 4 is 17.5 Å². The molecule has 7 heteroatoms. The maximum Gasteiger partial charge on any atom is 0.235 e. The summed E-state index contributed by atoms with van der Waals surface area (Å²) in [4.78, 5) is 30.4. The average molecular weight is 359 g/mol. The Hall–Kier alpha value is -1.99. The Bertz CT molecular complexity index is 694. The van der Waals surface area contributed by atoms with E-state index in [1.54, 1.807) is 0 Å². The number of hydrogen-bond donors (Lipinski definition) is 1. The zero-order valence-electron chi connectivity index (χ0n) is 15.1. The Morgan fingerprint density at radius 3 is 2.50 bits per heavy atom. The van der Waals surface area contributed by atoms with Crippen LogP contribution in [0.4, 0.5) is 5.69 Å². The van der Waals surface area contributed by atoms with E-state index in [2.05, 4.69) is 21.3 Å². The van der Waals surface area contributed by atoms with Gasteiger partial charge in [-0.05, 0) is 38.3 Å². The fourth-order valence-corrected chi connectivity index (χ4v) is 4.14. The number of nitrogens with one attached hydrogen (secondary N) is 1. The van der Waals surface area contributed by atoms with Crippen molar-refractivity contribution in [1.82, 2.24) is 10.3 Å². The third-order valence-corrected chi connectivity index (χ3v) is 5.59. The number of nitrogens with zero attached hydrogens (tertiary/aromatic N) is 2. The Morgan fingerprint density at radius 2 is 1.85 bits per heavy atom. The summed E-state index contributed by atoms with van der Waals surface area (Å²) in [5.74, 6) is -0.302. The Morgan fingerprint density at radius 1 is 1.12 bits per heavy atom. The number of carbonyl (C=O) groups excluding carboxylic acids is 2. The zero-order valence-corrected chi connectivity index (χ0v) is 15.1. The quantitative estimate of drug-likeness (QED) is 0.824. The summed E-state index contributed by atoms with van der Waals surface area (Å²) in [5.41, 5.74) is 2.80. The first-order valence-electron chi connectivity index (χ1n) is 9.41. The monoisotopic (exact) mass is 359 g/mol. The molecule has 2 amide bonds. The molecule has 0 aliphatic carbocycles. The van der Waals surface area contributed by atoms with Gasteiger partial charge >= 0.3 is 0 Å². The molecular weight excluding hydrogens is 334 g/mol. The fraction of sp³-hybridized carbons (Fsp3) is 0.632. The predicted molar refractivity (Wildman–Crippen MR) is 94.7 cm³/mol. The molecule has 3 aliphatic rings. The average Bonchev–Trinajstić information content (AvgIpc) is 3.16. The molecular formula is C19H25N3O4. The van der Waals surface area contributed by atoms with Crippen LogP contribution in [0.3, 0.4) is 0 Å². The molecule has 0 bridgehead atoms. The maximum atomic E-state index is 12.1. The smallest absolute Gasteiger partial charge is 0.235 e. The van der Waals surface area contributed by atoms with E-state index in [0.717, 1.165) is 43.0 Å². The number of piperidine rings is 2. The minimum atomic E-state index is -0.331. The van der Waals surface area contributed by atoms with Crippen molar-refractivity contribution in [3.05, 3.63) is 23.5 Å². The molecule has 0 aromatic carbocycles. The summed E-state index contributed by atoms with van der Waals surface area (Å²) < 4.78 is 11.3. The molecule has 1 unspecified atom stereocenters. The summed E-state index contributed by atoms with van der Waals surface area (Å²) in [5, 5.41) is 2.40. The minimum absolute atomic E-state index is 0.0359. The molecule has 0 radical (unpaired) electrons. The van der Waals surface area contributed by atoms with Crippen LogP contribution in [0.15, 0.2) is 12.1 Å². The van der Waals surface area contributed by atoms with Crippen LogP contribution in [-0.4, -0.2) is 49.4 Å². The number of amides is 2. The summed E-state index contributed by atoms with van der Waals surface area (Å²) in [7, 11) is 0. The van der Waals surface area contributed by atoms with Gasteiger partial charge in [-0.25, -0.2) is 0 Å². The Kier molecular flexibility index (Phi) is 4.91. The summed E-state index contributed by atoms with van der Waals surface area (Å²) in [6.45, 7) is 5.30. The van der Waals surface area contributed by atoms with Gasteiger partial charge in [-0.2, -0.15) is 0 Å². The summed E-state index contributed by atoms with van der Waals surface area (Å²) >= 11 is 0. The second-order valence-corrected chi connectivity index (χ2v) is 7.28. The molecule has 0 spiro atoms. The highest BCUT2D eigenvalue weighted by atomic mass is 16.7. The van der Waals surface area contributed by atoms with Crippen molar-refractivity contribution in [1.29, 1.82) is 0 Å². The molecule has 26 heavy (non-hydrogen) atoms. The van der Waals surface area contributed by atoms with Crippen LogP contribution in [0.2, 0.25) is 0 Å². The number of ether oxygens (including phenoxy) is 2. The van der Waals surface area contributed by atoms with E-state index in [-0.39, 0.29) is 24.0 Å². The van der Waals surface area contributed by atoms with Crippen LogP contribution in [0, 0.1) is 12.8 Å². The van der Waals surface area contributed by atoms with Gasteiger partial charge in [0, 0.05) is 25.4 Å². The maximum absolute atomic E-state index is 12.1. The van der Waals surface area contributed by atoms with Crippen LogP contribution >= 0.6 is 0 Å². The third kappa shape index (κ3) is 3.46. The van der Waals surface area contributed by atoms with Gasteiger partial charge in [0.2, 0.25) is 11.8 Å². The normalized spacial score (nSPS) is 25.6. The van der Waals surface area contributed by atoms with Crippen LogP contribution < -0.4 is 10.2 Å². The van der Waals surface area contributed by atoms with Gasteiger partial charge in [0.1, 0.15) is 0 Å². The van der Waals surface area contributed by atoms with E-state index in [4.69, 9.17) is 9.47 Å². The second-order valence-electron chi connectivity index (χ2n) is 7.28. The van der Waals surface area contributed by atoms with Crippen LogP contribution in [0.25, 0.3) is 0 Å². The predicted octanol–water partition coefficient (Wildman–Crippen LogP) is 1.50. The van der Waals surface area contributed by atoms with Gasteiger partial charge < -0.3 is 14.4 Å². The number of carbonyl (C=O) groups is 2. The van der Waals surface area contributed by atoms with E-state index in [9.17, 15) is 9.59 Å². The number of hydrogen-bond acceptors (Lipinski definition) is 6. The van der Waals surface area contributed by atoms with E-state index in [1.165, 1.54) is 0 Å². The number of rotatable bonds is 3. The molecule has 4 rings (SSSR count). The SMILES string of the molecule is Cc1nc(C2CCC(=O)NC2=O)ccc1N1CCC(C2OCCO2)CC1. The molecule has 1 aromatic heterocycles. The van der Waals surface area contributed by atoms with Crippen LogP contribution in [-0.2, 0) is 19.1 Å². The summed E-state index contributed by atoms with van der Waals surface area (Å²) in [6, 6.07) is 3.99. The number of aryl methyl sites for hydroxylation is 1. The lowest BCUT2D eigenvalue weighted by Gasteiger charge is -2.36. The van der Waals surface area contributed by atoms with Crippen molar-refractivity contribution in [3.8, 4) is 0 Å². The minimum Gasteiger partial charge on any atom is -0.370 e. The first-order valence-corrected chi connectivity index (χ1v) is 9.41. The van der Waals surface area contributed by atoms with Crippen molar-refractivity contribution in [2.24, 2.45) is 5.92 Å². The molecule has 4 heterocycles. The van der Waals surface area contributed by atoms with E-state index < -0.39 is 0 Å². The second kappa shape index (κ2) is 7.32. The van der Waals surface area contributed by atoms with Gasteiger partial charge in [0.05, 0.1) is 36.2 Å². The molecule has 0 saturated carbocycles. The van der Waals surface area contributed by atoms with Crippen molar-refractivity contribution in [3.63, 3.8) is 0 Å². The lowest BCUT2D eigenvalue weighted by Crippen LogP contribution is -2.40. The Labute approximate surface area is 153 Å². The molecule has 1 N–H and O–H groups in total. The molecule has 1 aromatic rings. The highest BCUT2D eigenvalue weighted by Gasteiger charge is 2.32. The number of imide groups is 1. The van der Waals surface area contributed by atoms with Crippen molar-refractivity contribution in [2.45, 2.75) is 44.8 Å². The molecule has 3 aliphatic heterocycles. The van der Waals surface area contributed by atoms with E-state index in [1.807, 2.05) is 13.0 Å². The number of aromatic nitrogens is 1. The van der Waals surface area contributed by atoms with Gasteiger partial charge in [-0.3, -0.25) is 19.9 Å². The molecule has 140 valence electrons. The lowest BCUT2D eigenvalue weighted by molar-refractivity contribution is -0.134. The molecule has 3 fully saturated rings. The molecule has 3 saturated heterocycles. The van der Waals surface area contributed by atoms with Gasteiger partial charge in [0.25, 0.3) is 0 Å². The topological polar surface area (TPSA) is 80.8 Å². The van der Waals surface area contributed by atoms with Gasteiger partial charge in [0.15, 0.2) is 6.29 Å². The highest BCUT2D eigenvalue weighted by molar-refractivity contribution is 6.00. The van der Waals surface area contributed by atoms with Crippen molar-refractivity contribution < 1.29 is 19.1 Å². The largest absolute Gasteiger partial charge is 0.370 e. The van der Waals surface area contributed by atoms with Crippen LogP contribution in [0.1, 0.15) is 43.0 Å². The lowest BCUT2D eigenvalue weighted by atomic mass is 9.93. The highest BCUT2D eigenvalue weighted by Crippen LogP contribution is 2.31. The molecule has 1 atom stereocenters. The zero-order chi connectivity index (χ0) is 18.1. The third-order valence-electron chi connectivity index (χ3n) is 5.59. The fourth-order valence-electron chi connectivity index (χ4n) is 4.14. The van der Waals surface area contributed by atoms with Gasteiger partial charge in [-0.15, -0.1) is 0 Å². The first-order chi connectivity index (χ1) is 12.6. The van der Waals surface area contributed by atoms with E-state index in [0.29, 0.717) is 32.0 Å². The number of anilines is 1. The Balaban J connectivity index is 1.42. The van der Waals surface area contributed by atoms with Crippen LogP contribution in [0.5, 0.6) is 0 Å². The van der Waals surface area contributed by atoms with Crippen molar-refractivity contribution in [2.75, 3.05) is 31.2 Å². The summed E-state index contributed by atoms with van der Waals surface area (Å²) in [6.07, 6.45) is 2.95. The van der Waals surface area contributed by atoms with E-state index >= 15 is 0 Å².